The van der Waals surface area contributed by atoms with Crippen LogP contribution in [0, 0.1) is 0 Å². The summed E-state index contributed by atoms with van der Waals surface area (Å²) < 4.78 is 37.0. The number of nitrogens with one attached hydrogen (secondary N) is 1. The van der Waals surface area contributed by atoms with Crippen LogP contribution >= 0.6 is 12.6 Å². The average Bonchev–Trinajstić information content (AvgIpc) is 2.22. The SMILES string of the molecule is CCCN(CC(F)(F)F)C(=O)C(CS)NC(C)=O. The van der Waals surface area contributed by atoms with Gasteiger partial charge in [-0.2, -0.15) is 25.8 Å². The van der Waals surface area contributed by atoms with E-state index in [2.05, 4.69) is 17.9 Å². The Morgan fingerprint density at radius 1 is 1.39 bits per heavy atom. The minimum absolute atomic E-state index is 0.0117. The van der Waals surface area contributed by atoms with Crippen LogP contribution in [0.15, 0.2) is 0 Å². The van der Waals surface area contributed by atoms with E-state index in [1.165, 1.54) is 6.92 Å². The van der Waals surface area contributed by atoms with E-state index in [1.807, 2.05) is 0 Å². The van der Waals surface area contributed by atoms with Gasteiger partial charge < -0.3 is 10.2 Å². The zero-order valence-corrected chi connectivity index (χ0v) is 11.1. The van der Waals surface area contributed by atoms with Gasteiger partial charge in [0.1, 0.15) is 12.6 Å². The largest absolute Gasteiger partial charge is 0.406 e. The number of carbonyl (C=O) groups is 2. The highest BCUT2D eigenvalue weighted by atomic mass is 32.1. The third kappa shape index (κ3) is 6.73. The maximum atomic E-state index is 12.3. The van der Waals surface area contributed by atoms with Crippen LogP contribution in [0.5, 0.6) is 0 Å². The Hall–Kier alpha value is -0.920. The van der Waals surface area contributed by atoms with Gasteiger partial charge in [0.15, 0.2) is 0 Å². The summed E-state index contributed by atoms with van der Waals surface area (Å²) >= 11 is 3.86. The zero-order chi connectivity index (χ0) is 14.3. The van der Waals surface area contributed by atoms with Crippen molar-refractivity contribution >= 4 is 24.4 Å². The number of amides is 2. The first-order valence-corrected chi connectivity index (χ1v) is 6.08. The molecule has 8 heteroatoms. The molecular weight excluding hydrogens is 269 g/mol. The topological polar surface area (TPSA) is 49.4 Å². The van der Waals surface area contributed by atoms with Gasteiger partial charge in [-0.25, -0.2) is 0 Å². The van der Waals surface area contributed by atoms with E-state index in [-0.39, 0.29) is 12.3 Å². The summed E-state index contributed by atoms with van der Waals surface area (Å²) in [4.78, 5) is 23.4. The molecule has 0 aliphatic carbocycles. The minimum atomic E-state index is -4.46. The fourth-order valence-electron chi connectivity index (χ4n) is 1.40. The molecule has 0 aromatic heterocycles. The Kier molecular flexibility index (Phi) is 7.12. The first kappa shape index (κ1) is 17.1. The zero-order valence-electron chi connectivity index (χ0n) is 10.3. The minimum Gasteiger partial charge on any atom is -0.344 e. The molecule has 0 saturated carbocycles. The first-order valence-electron chi connectivity index (χ1n) is 5.44. The van der Waals surface area contributed by atoms with Crippen molar-refractivity contribution in [2.24, 2.45) is 0 Å². The van der Waals surface area contributed by atoms with Crippen LogP contribution in [0.25, 0.3) is 0 Å². The molecule has 0 heterocycles. The fourth-order valence-corrected chi connectivity index (χ4v) is 1.65. The van der Waals surface area contributed by atoms with E-state index in [0.717, 1.165) is 0 Å². The molecule has 0 fully saturated rings. The van der Waals surface area contributed by atoms with Crippen LogP contribution < -0.4 is 5.32 Å². The van der Waals surface area contributed by atoms with Gasteiger partial charge >= 0.3 is 6.18 Å². The molecule has 0 rings (SSSR count). The van der Waals surface area contributed by atoms with E-state index in [1.54, 1.807) is 6.92 Å². The molecule has 0 bridgehead atoms. The van der Waals surface area contributed by atoms with Crippen LogP contribution in [-0.2, 0) is 9.59 Å². The molecule has 106 valence electrons. The molecule has 1 N–H and O–H groups in total. The predicted octanol–water partition coefficient (Wildman–Crippen LogP) is 1.22. The van der Waals surface area contributed by atoms with Gasteiger partial charge in [-0.15, -0.1) is 0 Å². The molecule has 0 aliphatic rings. The highest BCUT2D eigenvalue weighted by Crippen LogP contribution is 2.17. The molecule has 4 nitrogen and oxygen atoms in total. The number of hydrogen-bond donors (Lipinski definition) is 2. The molecule has 0 radical (unpaired) electrons. The second-order valence-corrected chi connectivity index (χ2v) is 4.18. The molecule has 2 amide bonds. The maximum absolute atomic E-state index is 12.3. The highest BCUT2D eigenvalue weighted by molar-refractivity contribution is 7.80. The van der Waals surface area contributed by atoms with Crippen LogP contribution in [-0.4, -0.2) is 47.8 Å². The quantitative estimate of drug-likeness (QED) is 0.721. The number of thiol groups is 1. The van der Waals surface area contributed by atoms with Gasteiger partial charge in [0.05, 0.1) is 0 Å². The number of hydrogen-bond acceptors (Lipinski definition) is 3. The number of alkyl halides is 3. The van der Waals surface area contributed by atoms with Gasteiger partial charge in [-0.05, 0) is 6.42 Å². The van der Waals surface area contributed by atoms with Crippen LogP contribution in [0.1, 0.15) is 20.3 Å². The number of rotatable bonds is 6. The Labute approximate surface area is 109 Å². The Balaban J connectivity index is 4.76. The second kappa shape index (κ2) is 7.50. The van der Waals surface area contributed by atoms with Crippen molar-refractivity contribution in [3.63, 3.8) is 0 Å². The van der Waals surface area contributed by atoms with Crippen molar-refractivity contribution in [3.8, 4) is 0 Å². The van der Waals surface area contributed by atoms with Crippen LogP contribution in [0.4, 0.5) is 13.2 Å². The van der Waals surface area contributed by atoms with E-state index in [4.69, 9.17) is 0 Å². The van der Waals surface area contributed by atoms with E-state index in [9.17, 15) is 22.8 Å². The molecule has 0 saturated heterocycles. The van der Waals surface area contributed by atoms with Crippen LogP contribution in [0.3, 0.4) is 0 Å². The highest BCUT2D eigenvalue weighted by Gasteiger charge is 2.34. The van der Waals surface area contributed by atoms with Gasteiger partial charge in [0.25, 0.3) is 0 Å². The third-order valence-electron chi connectivity index (χ3n) is 2.03. The number of halogens is 3. The molecule has 1 atom stereocenters. The van der Waals surface area contributed by atoms with E-state index < -0.39 is 30.6 Å². The maximum Gasteiger partial charge on any atom is 0.406 e. The van der Waals surface area contributed by atoms with Gasteiger partial charge in [0, 0.05) is 19.2 Å². The lowest BCUT2D eigenvalue weighted by Crippen LogP contribution is -2.51. The molecular formula is C10H17F3N2O2S. The molecule has 1 unspecified atom stereocenters. The van der Waals surface area contributed by atoms with Gasteiger partial charge in [0.2, 0.25) is 11.8 Å². The summed E-state index contributed by atoms with van der Waals surface area (Å²) in [5.74, 6) is -1.29. The standard InChI is InChI=1S/C10H17F3N2O2S/c1-3-4-15(6-10(11,12)13)9(17)8(5-18)14-7(2)16/h8,18H,3-6H2,1-2H3,(H,14,16). The lowest BCUT2D eigenvalue weighted by atomic mass is 10.2. The second-order valence-electron chi connectivity index (χ2n) is 3.81. The molecule has 18 heavy (non-hydrogen) atoms. The fraction of sp³-hybridized carbons (Fsp3) is 0.800. The summed E-state index contributed by atoms with van der Waals surface area (Å²) in [5, 5.41) is 2.28. The summed E-state index contributed by atoms with van der Waals surface area (Å²) in [6.45, 7) is 1.54. The van der Waals surface area contributed by atoms with Crippen LogP contribution in [0.2, 0.25) is 0 Å². The van der Waals surface area contributed by atoms with Gasteiger partial charge in [-0.1, -0.05) is 6.92 Å². The summed E-state index contributed by atoms with van der Waals surface area (Å²) in [6.07, 6.45) is -4.05. The van der Waals surface area contributed by atoms with Crippen molar-refractivity contribution in [2.45, 2.75) is 32.5 Å². The Morgan fingerprint density at radius 3 is 2.28 bits per heavy atom. The van der Waals surface area contributed by atoms with Crippen molar-refractivity contribution < 1.29 is 22.8 Å². The normalized spacial score (nSPS) is 13.0. The predicted molar refractivity (Wildman–Crippen MR) is 64.4 cm³/mol. The number of carbonyl (C=O) groups excluding carboxylic acids is 2. The monoisotopic (exact) mass is 286 g/mol. The first-order chi connectivity index (χ1) is 8.21. The smallest absolute Gasteiger partial charge is 0.344 e. The van der Waals surface area contributed by atoms with E-state index in [0.29, 0.717) is 11.3 Å². The average molecular weight is 286 g/mol. The van der Waals surface area contributed by atoms with Crippen molar-refractivity contribution in [1.82, 2.24) is 10.2 Å². The number of nitrogens with zero attached hydrogens (tertiary/aromatic N) is 1. The van der Waals surface area contributed by atoms with Gasteiger partial charge in [-0.3, -0.25) is 9.59 Å². The summed E-state index contributed by atoms with van der Waals surface area (Å²) in [5.41, 5.74) is 0. The lowest BCUT2D eigenvalue weighted by Gasteiger charge is -2.27. The molecule has 0 aromatic rings. The Morgan fingerprint density at radius 2 is 1.94 bits per heavy atom. The molecule has 0 aromatic carbocycles. The molecule has 0 spiro atoms. The lowest BCUT2D eigenvalue weighted by molar-refractivity contribution is -0.162. The summed E-state index contributed by atoms with van der Waals surface area (Å²) in [7, 11) is 0. The van der Waals surface area contributed by atoms with Crippen molar-refractivity contribution in [3.05, 3.63) is 0 Å². The third-order valence-corrected chi connectivity index (χ3v) is 2.40. The summed E-state index contributed by atoms with van der Waals surface area (Å²) in [6, 6.07) is -1.03. The van der Waals surface area contributed by atoms with Crippen molar-refractivity contribution in [2.75, 3.05) is 18.8 Å². The van der Waals surface area contributed by atoms with E-state index >= 15 is 0 Å². The van der Waals surface area contributed by atoms with Crippen molar-refractivity contribution in [1.29, 1.82) is 0 Å². The Bertz CT molecular complexity index is 297. The molecule has 0 aliphatic heterocycles.